The van der Waals surface area contributed by atoms with Crippen LogP contribution in [0.5, 0.6) is 0 Å². The first-order chi connectivity index (χ1) is 10.6. The number of hydrogen-bond acceptors (Lipinski definition) is 2. The summed E-state index contributed by atoms with van der Waals surface area (Å²) in [7, 11) is 0. The van der Waals surface area contributed by atoms with E-state index in [0.29, 0.717) is 12.8 Å². The van der Waals surface area contributed by atoms with Crippen LogP contribution in [0.15, 0.2) is 42.5 Å². The predicted molar refractivity (Wildman–Crippen MR) is 89.0 cm³/mol. The second-order valence-electron chi connectivity index (χ2n) is 5.57. The molecule has 2 N–H and O–H groups in total. The quantitative estimate of drug-likeness (QED) is 0.769. The monoisotopic (exact) mass is 293 g/mol. The van der Waals surface area contributed by atoms with Crippen molar-refractivity contribution in [2.45, 2.75) is 26.7 Å². The van der Waals surface area contributed by atoms with Gasteiger partial charge in [0, 0.05) is 18.5 Å². The highest BCUT2D eigenvalue weighted by Gasteiger charge is 2.08. The topological polar surface area (TPSA) is 57.8 Å². The Morgan fingerprint density at radius 3 is 2.77 bits per heavy atom. The minimum atomic E-state index is 0.00686. The number of H-pyrrole nitrogens is 1. The molecule has 0 radical (unpaired) electrons. The molecule has 3 rings (SSSR count). The Morgan fingerprint density at radius 1 is 1.18 bits per heavy atom. The van der Waals surface area contributed by atoms with Gasteiger partial charge in [-0.15, -0.1) is 0 Å². The molecule has 0 bridgehead atoms. The second-order valence-corrected chi connectivity index (χ2v) is 5.57. The van der Waals surface area contributed by atoms with Gasteiger partial charge < -0.3 is 10.3 Å². The lowest BCUT2D eigenvalue weighted by Gasteiger charge is -2.08. The average Bonchev–Trinajstić information content (AvgIpc) is 2.91. The lowest BCUT2D eigenvalue weighted by molar-refractivity contribution is -0.116. The van der Waals surface area contributed by atoms with Crippen molar-refractivity contribution >= 4 is 22.6 Å². The summed E-state index contributed by atoms with van der Waals surface area (Å²) >= 11 is 0. The van der Waals surface area contributed by atoms with E-state index in [2.05, 4.69) is 21.4 Å². The minimum absolute atomic E-state index is 0.00686. The van der Waals surface area contributed by atoms with Gasteiger partial charge in [-0.2, -0.15) is 0 Å². The van der Waals surface area contributed by atoms with E-state index in [9.17, 15) is 4.79 Å². The number of imidazole rings is 1. The molecule has 0 saturated carbocycles. The van der Waals surface area contributed by atoms with Crippen LogP contribution in [0.25, 0.3) is 11.0 Å². The van der Waals surface area contributed by atoms with Crippen LogP contribution in [-0.4, -0.2) is 15.9 Å². The molecular weight excluding hydrogens is 274 g/mol. The Morgan fingerprint density at radius 2 is 2.00 bits per heavy atom. The van der Waals surface area contributed by atoms with Crippen molar-refractivity contribution in [2.24, 2.45) is 0 Å². The van der Waals surface area contributed by atoms with E-state index in [-0.39, 0.29) is 5.91 Å². The van der Waals surface area contributed by atoms with Gasteiger partial charge in [-0.3, -0.25) is 4.79 Å². The second kappa shape index (κ2) is 6.02. The third-order valence-electron chi connectivity index (χ3n) is 3.68. The molecule has 4 nitrogen and oxygen atoms in total. The molecule has 0 aliphatic heterocycles. The molecule has 0 fully saturated rings. The van der Waals surface area contributed by atoms with Crippen molar-refractivity contribution in [3.63, 3.8) is 0 Å². The first kappa shape index (κ1) is 14.3. The zero-order valence-corrected chi connectivity index (χ0v) is 12.8. The first-order valence-corrected chi connectivity index (χ1v) is 7.42. The van der Waals surface area contributed by atoms with Crippen LogP contribution in [0.4, 0.5) is 5.69 Å². The maximum atomic E-state index is 12.1. The van der Waals surface area contributed by atoms with E-state index in [1.807, 2.05) is 50.2 Å². The van der Waals surface area contributed by atoms with Crippen LogP contribution >= 0.6 is 0 Å². The molecule has 22 heavy (non-hydrogen) atoms. The largest absolute Gasteiger partial charge is 0.342 e. The highest BCUT2D eigenvalue weighted by molar-refractivity contribution is 5.91. The molecule has 3 aromatic rings. The molecule has 0 spiro atoms. The smallest absolute Gasteiger partial charge is 0.224 e. The van der Waals surface area contributed by atoms with Crippen LogP contribution in [0, 0.1) is 13.8 Å². The molecule has 1 amide bonds. The Hall–Kier alpha value is -2.62. The lowest BCUT2D eigenvalue weighted by Crippen LogP contribution is -2.13. The maximum Gasteiger partial charge on any atom is 0.224 e. The number of nitrogens with zero attached hydrogens (tertiary/aromatic N) is 1. The average molecular weight is 293 g/mol. The number of aryl methyl sites for hydroxylation is 3. The van der Waals surface area contributed by atoms with Gasteiger partial charge in [0.15, 0.2) is 0 Å². The summed E-state index contributed by atoms with van der Waals surface area (Å²) in [5, 5.41) is 2.96. The lowest BCUT2D eigenvalue weighted by atomic mass is 10.1. The molecule has 112 valence electrons. The standard InChI is InChI=1S/C18H19N3O/c1-12-7-8-14(13(2)11-12)21-18(22)10-9-17-19-15-5-3-4-6-16(15)20-17/h3-8,11H,9-10H2,1-2H3,(H,19,20)(H,21,22). The third-order valence-corrected chi connectivity index (χ3v) is 3.68. The van der Waals surface area contributed by atoms with Crippen molar-refractivity contribution in [2.75, 3.05) is 5.32 Å². The molecule has 1 aromatic heterocycles. The van der Waals surface area contributed by atoms with Gasteiger partial charge in [0.25, 0.3) is 0 Å². The molecule has 4 heteroatoms. The van der Waals surface area contributed by atoms with E-state index in [0.717, 1.165) is 28.1 Å². The first-order valence-electron chi connectivity index (χ1n) is 7.42. The Balaban J connectivity index is 1.62. The van der Waals surface area contributed by atoms with Gasteiger partial charge in [0.2, 0.25) is 5.91 Å². The number of fused-ring (bicyclic) bond motifs is 1. The number of para-hydroxylation sites is 2. The Labute approximate surface area is 129 Å². The number of amides is 1. The predicted octanol–water partition coefficient (Wildman–Crippen LogP) is 3.75. The SMILES string of the molecule is Cc1ccc(NC(=O)CCc2nc3ccccc3[nH]2)c(C)c1. The van der Waals surface area contributed by atoms with Gasteiger partial charge >= 0.3 is 0 Å². The molecule has 0 unspecified atom stereocenters. The number of aromatic amines is 1. The number of nitrogens with one attached hydrogen (secondary N) is 2. The number of aromatic nitrogens is 2. The number of benzene rings is 2. The number of carbonyl (C=O) groups excluding carboxylic acids is 1. The number of hydrogen-bond donors (Lipinski definition) is 2. The van der Waals surface area contributed by atoms with Crippen molar-refractivity contribution in [3.05, 3.63) is 59.4 Å². The summed E-state index contributed by atoms with van der Waals surface area (Å²) in [6, 6.07) is 13.9. The highest BCUT2D eigenvalue weighted by Crippen LogP contribution is 2.17. The highest BCUT2D eigenvalue weighted by atomic mass is 16.1. The van der Waals surface area contributed by atoms with E-state index in [1.165, 1.54) is 5.56 Å². The van der Waals surface area contributed by atoms with E-state index >= 15 is 0 Å². The zero-order chi connectivity index (χ0) is 15.5. The molecule has 0 saturated heterocycles. The summed E-state index contributed by atoms with van der Waals surface area (Å²) < 4.78 is 0. The molecule has 2 aromatic carbocycles. The minimum Gasteiger partial charge on any atom is -0.342 e. The summed E-state index contributed by atoms with van der Waals surface area (Å²) in [6.07, 6.45) is 1.01. The fraction of sp³-hybridized carbons (Fsp3) is 0.222. The fourth-order valence-electron chi connectivity index (χ4n) is 2.52. The van der Waals surface area contributed by atoms with Gasteiger partial charge in [0.05, 0.1) is 11.0 Å². The number of anilines is 1. The van der Waals surface area contributed by atoms with Crippen LogP contribution in [0.1, 0.15) is 23.4 Å². The fourth-order valence-corrected chi connectivity index (χ4v) is 2.52. The van der Waals surface area contributed by atoms with Crippen molar-refractivity contribution in [3.8, 4) is 0 Å². The van der Waals surface area contributed by atoms with Crippen molar-refractivity contribution in [1.82, 2.24) is 9.97 Å². The zero-order valence-electron chi connectivity index (χ0n) is 12.8. The van der Waals surface area contributed by atoms with Gasteiger partial charge in [0.1, 0.15) is 5.82 Å². The third kappa shape index (κ3) is 3.17. The maximum absolute atomic E-state index is 12.1. The summed E-state index contributed by atoms with van der Waals surface area (Å²) in [5.41, 5.74) is 5.09. The summed E-state index contributed by atoms with van der Waals surface area (Å²) in [5.74, 6) is 0.851. The van der Waals surface area contributed by atoms with Gasteiger partial charge in [-0.25, -0.2) is 4.98 Å². The number of rotatable bonds is 4. The summed E-state index contributed by atoms with van der Waals surface area (Å²) in [6.45, 7) is 4.04. The molecule has 0 aliphatic rings. The van der Waals surface area contributed by atoms with Gasteiger partial charge in [-0.05, 0) is 37.6 Å². The van der Waals surface area contributed by atoms with Crippen LogP contribution < -0.4 is 5.32 Å². The van der Waals surface area contributed by atoms with Crippen LogP contribution in [0.3, 0.4) is 0 Å². The van der Waals surface area contributed by atoms with Crippen molar-refractivity contribution in [1.29, 1.82) is 0 Å². The van der Waals surface area contributed by atoms with Crippen LogP contribution in [0.2, 0.25) is 0 Å². The van der Waals surface area contributed by atoms with E-state index in [4.69, 9.17) is 0 Å². The van der Waals surface area contributed by atoms with Crippen molar-refractivity contribution < 1.29 is 4.79 Å². The normalized spacial score (nSPS) is 10.8. The van der Waals surface area contributed by atoms with E-state index < -0.39 is 0 Å². The number of carbonyl (C=O) groups is 1. The molecule has 0 atom stereocenters. The Kier molecular flexibility index (Phi) is 3.92. The van der Waals surface area contributed by atoms with Crippen LogP contribution in [-0.2, 0) is 11.2 Å². The molecular formula is C18H19N3O. The van der Waals surface area contributed by atoms with E-state index in [1.54, 1.807) is 0 Å². The molecule has 1 heterocycles. The van der Waals surface area contributed by atoms with Gasteiger partial charge in [-0.1, -0.05) is 29.8 Å². The summed E-state index contributed by atoms with van der Waals surface area (Å²) in [4.78, 5) is 19.8. The Bertz CT molecular complexity index is 787. The molecule has 0 aliphatic carbocycles.